The molecule has 6 heteroatoms. The first kappa shape index (κ1) is 17.2. The summed E-state index contributed by atoms with van der Waals surface area (Å²) in [6, 6.07) is 3.96. The highest BCUT2D eigenvalue weighted by Gasteiger charge is 2.43. The SMILES string of the molecule is CC(C)(C)N1C(=O)CC(N)C1c1ccc(Cl)c(F)c1.Cl. The molecular formula is C14H19Cl2FN2O. The van der Waals surface area contributed by atoms with Crippen molar-refractivity contribution in [1.29, 1.82) is 0 Å². The Morgan fingerprint density at radius 3 is 2.50 bits per heavy atom. The van der Waals surface area contributed by atoms with Crippen molar-refractivity contribution in [2.45, 2.75) is 44.8 Å². The first-order chi connectivity index (χ1) is 8.71. The fraction of sp³-hybridized carbons (Fsp3) is 0.500. The molecule has 2 rings (SSSR count). The van der Waals surface area contributed by atoms with Gasteiger partial charge in [0.05, 0.1) is 11.1 Å². The molecule has 1 aromatic carbocycles. The Balaban J connectivity index is 0.00000200. The van der Waals surface area contributed by atoms with Gasteiger partial charge in [-0.2, -0.15) is 0 Å². The van der Waals surface area contributed by atoms with E-state index in [0.29, 0.717) is 5.56 Å². The molecule has 0 saturated carbocycles. The number of halogens is 3. The molecule has 3 nitrogen and oxygen atoms in total. The van der Waals surface area contributed by atoms with Crippen LogP contribution in [-0.2, 0) is 4.79 Å². The molecule has 1 saturated heterocycles. The molecule has 1 heterocycles. The van der Waals surface area contributed by atoms with Crippen molar-refractivity contribution in [2.75, 3.05) is 0 Å². The largest absolute Gasteiger partial charge is 0.329 e. The van der Waals surface area contributed by atoms with Gasteiger partial charge in [0, 0.05) is 18.0 Å². The average molecular weight is 321 g/mol. The maximum Gasteiger partial charge on any atom is 0.225 e. The third-order valence-electron chi connectivity index (χ3n) is 3.37. The van der Waals surface area contributed by atoms with Crippen LogP contribution in [0.15, 0.2) is 18.2 Å². The zero-order valence-corrected chi connectivity index (χ0v) is 13.3. The zero-order chi connectivity index (χ0) is 14.4. The standard InChI is InChI=1S/C14H18ClFN2O.ClH/c1-14(2,3)18-12(19)7-11(17)13(18)8-4-5-9(15)10(16)6-8;/h4-6,11,13H,7,17H2,1-3H3;1H. The lowest BCUT2D eigenvalue weighted by atomic mass is 9.97. The first-order valence-corrected chi connectivity index (χ1v) is 6.62. The number of nitrogens with two attached hydrogens (primary N) is 1. The van der Waals surface area contributed by atoms with Gasteiger partial charge in [-0.15, -0.1) is 12.4 Å². The summed E-state index contributed by atoms with van der Waals surface area (Å²) in [4.78, 5) is 13.8. The van der Waals surface area contributed by atoms with Crippen LogP contribution in [0.3, 0.4) is 0 Å². The third kappa shape index (κ3) is 3.08. The topological polar surface area (TPSA) is 46.3 Å². The van der Waals surface area contributed by atoms with Crippen LogP contribution in [-0.4, -0.2) is 22.4 Å². The van der Waals surface area contributed by atoms with Gasteiger partial charge in [-0.25, -0.2) is 4.39 Å². The van der Waals surface area contributed by atoms with Crippen LogP contribution in [0.4, 0.5) is 4.39 Å². The minimum atomic E-state index is -0.487. The minimum Gasteiger partial charge on any atom is -0.329 e. The second kappa shape index (κ2) is 5.88. The van der Waals surface area contributed by atoms with Crippen molar-refractivity contribution in [3.8, 4) is 0 Å². The fourth-order valence-corrected chi connectivity index (χ4v) is 2.76. The molecule has 0 aromatic heterocycles. The van der Waals surface area contributed by atoms with Gasteiger partial charge in [0.15, 0.2) is 0 Å². The van der Waals surface area contributed by atoms with Gasteiger partial charge >= 0.3 is 0 Å². The lowest BCUT2D eigenvalue weighted by molar-refractivity contribution is -0.133. The van der Waals surface area contributed by atoms with E-state index < -0.39 is 5.82 Å². The van der Waals surface area contributed by atoms with Crippen LogP contribution in [0.2, 0.25) is 5.02 Å². The monoisotopic (exact) mass is 320 g/mol. The van der Waals surface area contributed by atoms with Crippen molar-refractivity contribution in [3.05, 3.63) is 34.6 Å². The number of hydrogen-bond acceptors (Lipinski definition) is 2. The molecule has 0 radical (unpaired) electrons. The highest BCUT2D eigenvalue weighted by Crippen LogP contribution is 2.38. The van der Waals surface area contributed by atoms with Crippen molar-refractivity contribution in [2.24, 2.45) is 5.73 Å². The predicted octanol–water partition coefficient (Wildman–Crippen LogP) is 3.30. The number of carbonyl (C=O) groups excluding carboxylic acids is 1. The Morgan fingerprint density at radius 2 is 2.00 bits per heavy atom. The smallest absolute Gasteiger partial charge is 0.225 e. The summed E-state index contributed by atoms with van der Waals surface area (Å²) in [5.41, 5.74) is 6.39. The molecule has 2 atom stereocenters. The first-order valence-electron chi connectivity index (χ1n) is 6.24. The van der Waals surface area contributed by atoms with Crippen molar-refractivity contribution in [3.63, 3.8) is 0 Å². The molecule has 1 aliphatic rings. The van der Waals surface area contributed by atoms with Crippen LogP contribution < -0.4 is 5.73 Å². The lowest BCUT2D eigenvalue weighted by Gasteiger charge is -2.38. The molecule has 1 aromatic rings. The quantitative estimate of drug-likeness (QED) is 0.863. The summed E-state index contributed by atoms with van der Waals surface area (Å²) in [7, 11) is 0. The predicted molar refractivity (Wildman–Crippen MR) is 80.6 cm³/mol. The molecule has 0 spiro atoms. The summed E-state index contributed by atoms with van der Waals surface area (Å²) in [5.74, 6) is -0.486. The zero-order valence-electron chi connectivity index (χ0n) is 11.7. The number of rotatable bonds is 1. The Kier molecular flexibility index (Phi) is 5.06. The Bertz CT molecular complexity index is 516. The van der Waals surface area contributed by atoms with E-state index >= 15 is 0 Å². The van der Waals surface area contributed by atoms with Crippen LogP contribution in [0.1, 0.15) is 38.8 Å². The van der Waals surface area contributed by atoms with E-state index in [2.05, 4.69) is 0 Å². The Labute approximate surface area is 129 Å². The fourth-order valence-electron chi connectivity index (χ4n) is 2.64. The van der Waals surface area contributed by atoms with Gasteiger partial charge in [0.2, 0.25) is 5.91 Å². The lowest BCUT2D eigenvalue weighted by Crippen LogP contribution is -2.45. The number of amides is 1. The van der Waals surface area contributed by atoms with Gasteiger partial charge in [-0.3, -0.25) is 4.79 Å². The van der Waals surface area contributed by atoms with Crippen LogP contribution in [0, 0.1) is 5.82 Å². The van der Waals surface area contributed by atoms with E-state index in [-0.39, 0.29) is 47.4 Å². The van der Waals surface area contributed by atoms with Gasteiger partial charge in [-0.05, 0) is 38.5 Å². The second-order valence-corrected chi connectivity index (χ2v) is 6.33. The number of benzene rings is 1. The highest BCUT2D eigenvalue weighted by molar-refractivity contribution is 6.30. The van der Waals surface area contributed by atoms with Gasteiger partial charge < -0.3 is 10.6 Å². The van der Waals surface area contributed by atoms with E-state index in [1.807, 2.05) is 20.8 Å². The second-order valence-electron chi connectivity index (χ2n) is 5.92. The molecule has 2 N–H and O–H groups in total. The van der Waals surface area contributed by atoms with Crippen LogP contribution in [0.25, 0.3) is 0 Å². The van der Waals surface area contributed by atoms with Gasteiger partial charge in [0.25, 0.3) is 0 Å². The van der Waals surface area contributed by atoms with E-state index in [9.17, 15) is 9.18 Å². The normalized spacial score (nSPS) is 22.9. The Hall–Kier alpha value is -0.840. The van der Waals surface area contributed by atoms with Gasteiger partial charge in [-0.1, -0.05) is 17.7 Å². The average Bonchev–Trinajstić information content (AvgIpc) is 2.57. The maximum atomic E-state index is 13.6. The summed E-state index contributed by atoms with van der Waals surface area (Å²) < 4.78 is 13.6. The molecule has 2 unspecified atom stereocenters. The van der Waals surface area contributed by atoms with Crippen molar-refractivity contribution < 1.29 is 9.18 Å². The Morgan fingerprint density at radius 1 is 1.40 bits per heavy atom. The van der Waals surface area contributed by atoms with Crippen molar-refractivity contribution >= 4 is 29.9 Å². The molecule has 112 valence electrons. The number of hydrogen-bond donors (Lipinski definition) is 1. The highest BCUT2D eigenvalue weighted by atomic mass is 35.5. The van der Waals surface area contributed by atoms with Gasteiger partial charge in [0.1, 0.15) is 5.82 Å². The summed E-state index contributed by atoms with van der Waals surface area (Å²) in [6.07, 6.45) is 0.284. The molecule has 0 aliphatic carbocycles. The molecule has 20 heavy (non-hydrogen) atoms. The number of nitrogens with zero attached hydrogens (tertiary/aromatic N) is 1. The van der Waals surface area contributed by atoms with E-state index in [0.717, 1.165) is 0 Å². The summed E-state index contributed by atoms with van der Waals surface area (Å²) in [6.45, 7) is 5.84. The van der Waals surface area contributed by atoms with Crippen molar-refractivity contribution in [1.82, 2.24) is 4.90 Å². The van der Waals surface area contributed by atoms with E-state index in [4.69, 9.17) is 17.3 Å². The molecule has 1 aliphatic heterocycles. The number of likely N-dealkylation sites (tertiary alicyclic amines) is 1. The van der Waals surface area contributed by atoms with E-state index in [1.54, 1.807) is 11.0 Å². The minimum absolute atomic E-state index is 0. The molecule has 1 fully saturated rings. The van der Waals surface area contributed by atoms with Crippen LogP contribution in [0.5, 0.6) is 0 Å². The molecular weight excluding hydrogens is 302 g/mol. The molecule has 0 bridgehead atoms. The van der Waals surface area contributed by atoms with Crippen LogP contribution >= 0.6 is 24.0 Å². The van der Waals surface area contributed by atoms with E-state index in [1.165, 1.54) is 12.1 Å². The maximum absolute atomic E-state index is 13.6. The summed E-state index contributed by atoms with van der Waals surface area (Å²) in [5, 5.41) is 0.0731. The molecule has 1 amide bonds. The number of carbonyl (C=O) groups is 1. The summed E-state index contributed by atoms with van der Waals surface area (Å²) >= 11 is 5.69. The third-order valence-corrected chi connectivity index (χ3v) is 3.68.